The van der Waals surface area contributed by atoms with Gasteiger partial charge in [-0.2, -0.15) is 5.10 Å². The molecule has 98 valence electrons. The van der Waals surface area contributed by atoms with E-state index in [-0.39, 0.29) is 11.8 Å². The number of carbonyl (C=O) groups is 2. The molecule has 2 heterocycles. The van der Waals surface area contributed by atoms with Crippen LogP contribution in [0.5, 0.6) is 0 Å². The predicted molar refractivity (Wildman–Crippen MR) is 67.1 cm³/mol. The normalized spacial score (nSPS) is 18.8. The first-order valence-electron chi connectivity index (χ1n) is 6.15. The fraction of sp³-hybridized carbons (Fsp3) is 0.583. The van der Waals surface area contributed by atoms with Gasteiger partial charge in [-0.15, -0.1) is 0 Å². The molecule has 0 aliphatic carbocycles. The van der Waals surface area contributed by atoms with Gasteiger partial charge in [0.2, 0.25) is 11.8 Å². The summed E-state index contributed by atoms with van der Waals surface area (Å²) in [5.41, 5.74) is 1.96. The van der Waals surface area contributed by atoms with E-state index in [9.17, 15) is 9.59 Å². The summed E-state index contributed by atoms with van der Waals surface area (Å²) in [5.74, 6) is 0.492. The van der Waals surface area contributed by atoms with Crippen LogP contribution in [0.3, 0.4) is 0 Å². The van der Waals surface area contributed by atoms with E-state index in [2.05, 4.69) is 15.7 Å². The molecule has 2 amide bonds. The molecule has 1 fully saturated rings. The fourth-order valence-electron chi connectivity index (χ4n) is 2.30. The van der Waals surface area contributed by atoms with Gasteiger partial charge in [-0.25, -0.2) is 0 Å². The zero-order valence-electron chi connectivity index (χ0n) is 10.9. The number of carbonyl (C=O) groups excluding carboxylic acids is 2. The van der Waals surface area contributed by atoms with Gasteiger partial charge in [0.25, 0.3) is 0 Å². The van der Waals surface area contributed by atoms with Crippen LogP contribution < -0.4 is 10.6 Å². The molecule has 18 heavy (non-hydrogen) atoms. The van der Waals surface area contributed by atoms with E-state index in [1.54, 1.807) is 11.7 Å². The van der Waals surface area contributed by atoms with Crippen molar-refractivity contribution in [2.75, 3.05) is 5.32 Å². The highest BCUT2D eigenvalue weighted by Crippen LogP contribution is 2.20. The lowest BCUT2D eigenvalue weighted by atomic mass is 10.1. The van der Waals surface area contributed by atoms with Crippen molar-refractivity contribution in [2.24, 2.45) is 7.05 Å². The molecule has 2 rings (SSSR count). The van der Waals surface area contributed by atoms with Crippen molar-refractivity contribution in [3.05, 3.63) is 11.3 Å². The summed E-state index contributed by atoms with van der Waals surface area (Å²) in [4.78, 5) is 23.1. The van der Waals surface area contributed by atoms with Crippen LogP contribution in [0.25, 0.3) is 0 Å². The Kier molecular flexibility index (Phi) is 3.36. The minimum Gasteiger partial charge on any atom is -0.344 e. The minimum absolute atomic E-state index is 0.0629. The number of aryl methyl sites for hydroxylation is 2. The van der Waals surface area contributed by atoms with Crippen LogP contribution in [0.2, 0.25) is 0 Å². The highest BCUT2D eigenvalue weighted by molar-refractivity contribution is 5.98. The van der Waals surface area contributed by atoms with Crippen LogP contribution in [-0.2, 0) is 23.1 Å². The van der Waals surface area contributed by atoms with Gasteiger partial charge in [-0.3, -0.25) is 14.3 Å². The topological polar surface area (TPSA) is 76.0 Å². The predicted octanol–water partition coefficient (Wildman–Crippen LogP) is 0.508. The molecular formula is C12H18N4O2. The van der Waals surface area contributed by atoms with Crippen molar-refractivity contribution in [3.63, 3.8) is 0 Å². The quantitative estimate of drug-likeness (QED) is 0.820. The lowest BCUT2D eigenvalue weighted by molar-refractivity contribution is -0.122. The van der Waals surface area contributed by atoms with E-state index < -0.39 is 6.04 Å². The largest absolute Gasteiger partial charge is 0.344 e. The summed E-state index contributed by atoms with van der Waals surface area (Å²) >= 11 is 0. The summed E-state index contributed by atoms with van der Waals surface area (Å²) in [6.45, 7) is 3.95. The van der Waals surface area contributed by atoms with Crippen molar-refractivity contribution < 1.29 is 9.59 Å². The van der Waals surface area contributed by atoms with Crippen LogP contribution in [0.1, 0.15) is 31.0 Å². The second kappa shape index (κ2) is 4.80. The highest BCUT2D eigenvalue weighted by Gasteiger charge is 2.28. The molecule has 1 aromatic rings. The van der Waals surface area contributed by atoms with Crippen LogP contribution in [0.4, 0.5) is 5.82 Å². The molecule has 0 spiro atoms. The number of aromatic nitrogens is 2. The zero-order valence-corrected chi connectivity index (χ0v) is 10.9. The number of amides is 2. The number of rotatable bonds is 3. The van der Waals surface area contributed by atoms with Gasteiger partial charge in [-0.1, -0.05) is 6.92 Å². The molecule has 1 aliphatic heterocycles. The highest BCUT2D eigenvalue weighted by atomic mass is 16.2. The number of hydrogen-bond donors (Lipinski definition) is 2. The first kappa shape index (κ1) is 12.6. The fourth-order valence-corrected chi connectivity index (χ4v) is 2.30. The Morgan fingerprint density at radius 3 is 2.89 bits per heavy atom. The summed E-state index contributed by atoms with van der Waals surface area (Å²) in [6, 6.07) is -0.419. The average molecular weight is 250 g/mol. The maximum atomic E-state index is 12.0. The molecule has 2 N–H and O–H groups in total. The summed E-state index contributed by atoms with van der Waals surface area (Å²) in [7, 11) is 1.80. The van der Waals surface area contributed by atoms with Crippen molar-refractivity contribution in [1.29, 1.82) is 0 Å². The number of nitrogens with one attached hydrogen (secondary N) is 2. The Balaban J connectivity index is 2.14. The van der Waals surface area contributed by atoms with E-state index >= 15 is 0 Å². The van der Waals surface area contributed by atoms with Crippen molar-refractivity contribution in [3.8, 4) is 0 Å². The summed E-state index contributed by atoms with van der Waals surface area (Å²) < 4.78 is 1.67. The van der Waals surface area contributed by atoms with Crippen molar-refractivity contribution in [1.82, 2.24) is 15.1 Å². The third-order valence-corrected chi connectivity index (χ3v) is 3.25. The van der Waals surface area contributed by atoms with Crippen LogP contribution >= 0.6 is 0 Å². The van der Waals surface area contributed by atoms with Gasteiger partial charge in [0.1, 0.15) is 11.9 Å². The molecule has 1 aromatic heterocycles. The van der Waals surface area contributed by atoms with E-state index in [1.807, 2.05) is 13.8 Å². The third-order valence-electron chi connectivity index (χ3n) is 3.25. The smallest absolute Gasteiger partial charge is 0.248 e. The molecule has 6 nitrogen and oxygen atoms in total. The number of hydrogen-bond acceptors (Lipinski definition) is 3. The second-order valence-electron chi connectivity index (χ2n) is 4.54. The summed E-state index contributed by atoms with van der Waals surface area (Å²) in [5, 5.41) is 9.81. The van der Waals surface area contributed by atoms with Crippen LogP contribution in [-0.4, -0.2) is 27.6 Å². The second-order valence-corrected chi connectivity index (χ2v) is 4.54. The lowest BCUT2D eigenvalue weighted by Crippen LogP contribution is -2.37. The van der Waals surface area contributed by atoms with Gasteiger partial charge in [0, 0.05) is 19.0 Å². The number of anilines is 1. The first-order chi connectivity index (χ1) is 8.52. The molecule has 0 bridgehead atoms. The Morgan fingerprint density at radius 1 is 1.61 bits per heavy atom. The number of nitrogens with zero attached hydrogens (tertiary/aromatic N) is 2. The molecular weight excluding hydrogens is 232 g/mol. The van der Waals surface area contributed by atoms with Crippen LogP contribution in [0.15, 0.2) is 0 Å². The Bertz CT molecular complexity index is 493. The molecule has 1 aliphatic rings. The lowest BCUT2D eigenvalue weighted by Gasteiger charge is -2.12. The molecule has 0 saturated carbocycles. The van der Waals surface area contributed by atoms with Gasteiger partial charge in [0.05, 0.1) is 5.69 Å². The van der Waals surface area contributed by atoms with Gasteiger partial charge in [-0.05, 0) is 19.8 Å². The van der Waals surface area contributed by atoms with E-state index in [4.69, 9.17) is 0 Å². The summed E-state index contributed by atoms with van der Waals surface area (Å²) in [6.07, 6.45) is 1.79. The molecule has 1 unspecified atom stereocenters. The monoisotopic (exact) mass is 250 g/mol. The molecule has 0 aromatic carbocycles. The molecule has 6 heteroatoms. The van der Waals surface area contributed by atoms with E-state index in [0.717, 1.165) is 23.5 Å². The maximum absolute atomic E-state index is 12.0. The van der Waals surface area contributed by atoms with Crippen LogP contribution in [0, 0.1) is 6.92 Å². The Hall–Kier alpha value is -1.85. The van der Waals surface area contributed by atoms with Crippen molar-refractivity contribution >= 4 is 17.6 Å². The Labute approximate surface area is 106 Å². The molecule has 1 saturated heterocycles. The molecule has 0 radical (unpaired) electrons. The Morgan fingerprint density at radius 2 is 2.33 bits per heavy atom. The van der Waals surface area contributed by atoms with Gasteiger partial charge in [0.15, 0.2) is 0 Å². The van der Waals surface area contributed by atoms with E-state index in [1.165, 1.54) is 0 Å². The average Bonchev–Trinajstić information content (AvgIpc) is 2.84. The van der Waals surface area contributed by atoms with E-state index in [0.29, 0.717) is 12.8 Å². The SMILES string of the molecule is CCc1c(C)nn(C)c1NC(=O)C1CCC(=O)N1. The zero-order chi connectivity index (χ0) is 13.3. The van der Waals surface area contributed by atoms with Crippen molar-refractivity contribution in [2.45, 2.75) is 39.2 Å². The maximum Gasteiger partial charge on any atom is 0.248 e. The molecule has 1 atom stereocenters. The first-order valence-corrected chi connectivity index (χ1v) is 6.15. The van der Waals surface area contributed by atoms with Gasteiger partial charge >= 0.3 is 0 Å². The minimum atomic E-state index is -0.419. The van der Waals surface area contributed by atoms with Gasteiger partial charge < -0.3 is 10.6 Å². The third kappa shape index (κ3) is 2.23. The standard InChI is InChI=1S/C12H18N4O2/c1-4-8-7(2)15-16(3)11(8)14-12(18)9-5-6-10(17)13-9/h9H,4-6H2,1-3H3,(H,13,17)(H,14,18).